The molecular formula is C21H28ClIN4O2. The molecule has 0 aliphatic carbocycles. The summed E-state index contributed by atoms with van der Waals surface area (Å²) in [6.07, 6.45) is 0.742. The van der Waals surface area contributed by atoms with Crippen LogP contribution in [0.2, 0.25) is 5.02 Å². The maximum absolute atomic E-state index is 11.7. The number of carbonyl (C=O) groups excluding carboxylic acids is 1. The van der Waals surface area contributed by atoms with Gasteiger partial charge >= 0.3 is 0 Å². The lowest BCUT2D eigenvalue weighted by Crippen LogP contribution is -2.42. The molecule has 0 heterocycles. The fourth-order valence-corrected chi connectivity index (χ4v) is 2.71. The lowest BCUT2D eigenvalue weighted by atomic mass is 10.1. The summed E-state index contributed by atoms with van der Waals surface area (Å²) in [5.41, 5.74) is 1.75. The summed E-state index contributed by atoms with van der Waals surface area (Å²) in [7, 11) is 3.36. The largest absolute Gasteiger partial charge is 0.489 e. The summed E-state index contributed by atoms with van der Waals surface area (Å²) >= 11 is 5.88. The minimum absolute atomic E-state index is 0. The average molecular weight is 531 g/mol. The van der Waals surface area contributed by atoms with Crippen molar-refractivity contribution in [2.24, 2.45) is 4.99 Å². The van der Waals surface area contributed by atoms with Crippen LogP contribution < -0.4 is 20.7 Å². The number of guanidine groups is 1. The number of rotatable bonds is 8. The van der Waals surface area contributed by atoms with E-state index in [4.69, 9.17) is 16.3 Å². The maximum Gasteiger partial charge on any atom is 0.251 e. The third kappa shape index (κ3) is 8.91. The van der Waals surface area contributed by atoms with Crippen LogP contribution >= 0.6 is 35.6 Å². The van der Waals surface area contributed by atoms with Gasteiger partial charge in [0.05, 0.1) is 6.54 Å². The summed E-state index contributed by atoms with van der Waals surface area (Å²) in [4.78, 5) is 15.9. The van der Waals surface area contributed by atoms with E-state index < -0.39 is 0 Å². The molecule has 0 bridgehead atoms. The zero-order chi connectivity index (χ0) is 20.4. The highest BCUT2D eigenvalue weighted by Gasteiger charge is 2.07. The number of nitrogens with one attached hydrogen (secondary N) is 3. The number of hydrogen-bond acceptors (Lipinski definition) is 3. The third-order valence-electron chi connectivity index (χ3n) is 4.05. The average Bonchev–Trinajstić information content (AvgIpc) is 2.71. The summed E-state index contributed by atoms with van der Waals surface area (Å²) in [6.45, 7) is 3.29. The molecule has 1 atom stereocenters. The second kappa shape index (κ2) is 13.3. The molecule has 0 saturated heterocycles. The Hall–Kier alpha value is -2.00. The standard InChI is InChI=1S/C21H27ClN4O2.HI/c1-15(28-19-9-7-18(22)8-10-19)14-26-21(24-3)25-12-11-16-5-4-6-17(13-16)20(27)23-2;/h4-10,13,15H,11-12,14H2,1-3H3,(H,23,27)(H2,24,25,26);1H. The van der Waals surface area contributed by atoms with Gasteiger partial charge in [-0.3, -0.25) is 9.79 Å². The van der Waals surface area contributed by atoms with E-state index in [-0.39, 0.29) is 36.0 Å². The first-order valence-corrected chi connectivity index (χ1v) is 9.57. The quantitative estimate of drug-likeness (QED) is 0.278. The van der Waals surface area contributed by atoms with Crippen molar-refractivity contribution in [1.29, 1.82) is 0 Å². The normalized spacial score (nSPS) is 11.8. The van der Waals surface area contributed by atoms with E-state index in [1.807, 2.05) is 37.3 Å². The van der Waals surface area contributed by atoms with E-state index in [1.165, 1.54) is 0 Å². The van der Waals surface area contributed by atoms with Gasteiger partial charge in [0.25, 0.3) is 5.91 Å². The molecule has 8 heteroatoms. The Labute approximate surface area is 194 Å². The van der Waals surface area contributed by atoms with Gasteiger partial charge in [0, 0.05) is 31.2 Å². The van der Waals surface area contributed by atoms with E-state index in [1.54, 1.807) is 32.3 Å². The van der Waals surface area contributed by atoms with Crippen LogP contribution in [0.3, 0.4) is 0 Å². The Morgan fingerprint density at radius 2 is 1.90 bits per heavy atom. The van der Waals surface area contributed by atoms with Crippen molar-refractivity contribution in [3.05, 3.63) is 64.7 Å². The van der Waals surface area contributed by atoms with E-state index in [0.717, 1.165) is 17.7 Å². The monoisotopic (exact) mass is 530 g/mol. The molecule has 0 spiro atoms. The van der Waals surface area contributed by atoms with Crippen LogP contribution in [0.4, 0.5) is 0 Å². The third-order valence-corrected chi connectivity index (χ3v) is 4.31. The number of hydrogen-bond donors (Lipinski definition) is 3. The minimum Gasteiger partial charge on any atom is -0.489 e. The van der Waals surface area contributed by atoms with Crippen LogP contribution in [-0.2, 0) is 6.42 Å². The molecular weight excluding hydrogens is 503 g/mol. The van der Waals surface area contributed by atoms with E-state index >= 15 is 0 Å². The Kier molecular flexibility index (Phi) is 11.5. The van der Waals surface area contributed by atoms with Crippen molar-refractivity contribution in [3.63, 3.8) is 0 Å². The molecule has 0 aromatic heterocycles. The van der Waals surface area contributed by atoms with Gasteiger partial charge in [0.1, 0.15) is 11.9 Å². The summed E-state index contributed by atoms with van der Waals surface area (Å²) in [6, 6.07) is 14.9. The number of nitrogens with zero attached hydrogens (tertiary/aromatic N) is 1. The van der Waals surface area contributed by atoms with Gasteiger partial charge in [-0.15, -0.1) is 24.0 Å². The lowest BCUT2D eigenvalue weighted by molar-refractivity contribution is 0.0963. The van der Waals surface area contributed by atoms with Crippen molar-refractivity contribution in [2.75, 3.05) is 27.2 Å². The summed E-state index contributed by atoms with van der Waals surface area (Å²) in [5.74, 6) is 1.40. The van der Waals surface area contributed by atoms with Crippen LogP contribution in [0.5, 0.6) is 5.75 Å². The fourth-order valence-electron chi connectivity index (χ4n) is 2.59. The number of aliphatic imine (C=N–C) groups is 1. The van der Waals surface area contributed by atoms with E-state index in [0.29, 0.717) is 29.6 Å². The zero-order valence-corrected chi connectivity index (χ0v) is 20.0. The first-order chi connectivity index (χ1) is 13.5. The molecule has 0 saturated carbocycles. The SMILES string of the molecule is CN=C(NCCc1cccc(C(=O)NC)c1)NCC(C)Oc1ccc(Cl)cc1.I. The molecule has 6 nitrogen and oxygen atoms in total. The van der Waals surface area contributed by atoms with Crippen molar-refractivity contribution in [2.45, 2.75) is 19.4 Å². The van der Waals surface area contributed by atoms with Crippen molar-refractivity contribution < 1.29 is 9.53 Å². The van der Waals surface area contributed by atoms with Crippen LogP contribution in [-0.4, -0.2) is 45.2 Å². The summed E-state index contributed by atoms with van der Waals surface area (Å²) in [5, 5.41) is 9.84. The second-order valence-electron chi connectivity index (χ2n) is 6.29. The molecule has 2 aromatic rings. The first kappa shape index (κ1) is 25.0. The second-order valence-corrected chi connectivity index (χ2v) is 6.73. The number of carbonyl (C=O) groups is 1. The molecule has 1 unspecified atom stereocenters. The van der Waals surface area contributed by atoms with Gasteiger partial charge in [-0.05, 0) is 55.3 Å². The Morgan fingerprint density at radius 3 is 2.55 bits per heavy atom. The first-order valence-electron chi connectivity index (χ1n) is 9.19. The molecule has 0 radical (unpaired) electrons. The number of ether oxygens (including phenoxy) is 1. The van der Waals surface area contributed by atoms with Gasteiger partial charge in [-0.1, -0.05) is 23.7 Å². The summed E-state index contributed by atoms with van der Waals surface area (Å²) < 4.78 is 5.84. The molecule has 0 fully saturated rings. The molecule has 3 N–H and O–H groups in total. The Bertz CT molecular complexity index is 800. The van der Waals surface area contributed by atoms with Crippen molar-refractivity contribution in [1.82, 2.24) is 16.0 Å². The van der Waals surface area contributed by atoms with E-state index in [9.17, 15) is 4.79 Å². The molecule has 2 rings (SSSR count). The zero-order valence-electron chi connectivity index (χ0n) is 16.9. The molecule has 0 aliphatic rings. The highest BCUT2D eigenvalue weighted by Crippen LogP contribution is 2.16. The van der Waals surface area contributed by atoms with Crippen LogP contribution in [0.1, 0.15) is 22.8 Å². The fraction of sp³-hybridized carbons (Fsp3) is 0.333. The Balaban J connectivity index is 0.00000420. The van der Waals surface area contributed by atoms with Crippen molar-refractivity contribution in [3.8, 4) is 5.75 Å². The number of halogens is 2. The lowest BCUT2D eigenvalue weighted by Gasteiger charge is -2.18. The van der Waals surface area contributed by atoms with Gasteiger partial charge in [0.2, 0.25) is 0 Å². The number of amides is 1. The van der Waals surface area contributed by atoms with Gasteiger partial charge in [-0.25, -0.2) is 0 Å². The highest BCUT2D eigenvalue weighted by atomic mass is 127. The highest BCUT2D eigenvalue weighted by molar-refractivity contribution is 14.0. The van der Waals surface area contributed by atoms with Crippen LogP contribution in [0.25, 0.3) is 0 Å². The molecule has 29 heavy (non-hydrogen) atoms. The van der Waals surface area contributed by atoms with Crippen molar-refractivity contribution >= 4 is 47.4 Å². The molecule has 2 aromatic carbocycles. The Morgan fingerprint density at radius 1 is 1.17 bits per heavy atom. The van der Waals surface area contributed by atoms with Crippen LogP contribution in [0.15, 0.2) is 53.5 Å². The smallest absolute Gasteiger partial charge is 0.251 e. The maximum atomic E-state index is 11.7. The predicted molar refractivity (Wildman–Crippen MR) is 130 cm³/mol. The van der Waals surface area contributed by atoms with Gasteiger partial charge < -0.3 is 20.7 Å². The molecule has 0 aliphatic heterocycles. The topological polar surface area (TPSA) is 74.8 Å². The van der Waals surface area contributed by atoms with Gasteiger partial charge in [0.15, 0.2) is 5.96 Å². The minimum atomic E-state index is -0.0815. The van der Waals surface area contributed by atoms with E-state index in [2.05, 4.69) is 20.9 Å². The molecule has 158 valence electrons. The molecule has 1 amide bonds. The predicted octanol–water partition coefficient (Wildman–Crippen LogP) is 3.49. The van der Waals surface area contributed by atoms with Crippen LogP contribution in [0, 0.1) is 0 Å². The number of benzene rings is 2. The van der Waals surface area contributed by atoms with Gasteiger partial charge in [-0.2, -0.15) is 0 Å².